The number of fused-ring (bicyclic) bond motifs is 1. The summed E-state index contributed by atoms with van der Waals surface area (Å²) in [5, 5.41) is 9.29. The molecule has 1 aromatic heterocycles. The van der Waals surface area contributed by atoms with E-state index >= 15 is 0 Å². The van der Waals surface area contributed by atoms with Crippen molar-refractivity contribution in [3.8, 4) is 17.2 Å². The Labute approximate surface area is 114 Å². The van der Waals surface area contributed by atoms with Gasteiger partial charge < -0.3 is 10.2 Å². The van der Waals surface area contributed by atoms with Crippen molar-refractivity contribution in [3.63, 3.8) is 0 Å². The SMILES string of the molecule is Cc1c(-c2ccccc2)c(F)c2oc(N)nc2c1C#N. The van der Waals surface area contributed by atoms with Gasteiger partial charge in [-0.3, -0.25) is 0 Å². The fourth-order valence-corrected chi connectivity index (χ4v) is 2.32. The molecule has 0 radical (unpaired) electrons. The van der Waals surface area contributed by atoms with Crippen molar-refractivity contribution < 1.29 is 8.81 Å². The summed E-state index contributed by atoms with van der Waals surface area (Å²) in [6.07, 6.45) is 0. The fourth-order valence-electron chi connectivity index (χ4n) is 2.32. The van der Waals surface area contributed by atoms with Crippen molar-refractivity contribution in [1.29, 1.82) is 5.26 Å². The highest BCUT2D eigenvalue weighted by Crippen LogP contribution is 2.35. The monoisotopic (exact) mass is 267 g/mol. The van der Waals surface area contributed by atoms with Crippen LogP contribution in [0.15, 0.2) is 34.7 Å². The summed E-state index contributed by atoms with van der Waals surface area (Å²) >= 11 is 0. The molecule has 1 heterocycles. The number of nitrogens with two attached hydrogens (primary N) is 1. The Morgan fingerprint density at radius 1 is 1.30 bits per heavy atom. The third-order valence-corrected chi connectivity index (χ3v) is 3.22. The van der Waals surface area contributed by atoms with E-state index in [9.17, 15) is 9.65 Å². The van der Waals surface area contributed by atoms with E-state index in [-0.39, 0.29) is 22.7 Å². The van der Waals surface area contributed by atoms with E-state index in [0.29, 0.717) is 16.7 Å². The van der Waals surface area contributed by atoms with Gasteiger partial charge in [0, 0.05) is 5.56 Å². The van der Waals surface area contributed by atoms with E-state index in [1.54, 1.807) is 31.2 Å². The third kappa shape index (κ3) is 1.62. The third-order valence-electron chi connectivity index (χ3n) is 3.22. The van der Waals surface area contributed by atoms with Gasteiger partial charge >= 0.3 is 0 Å². The summed E-state index contributed by atoms with van der Waals surface area (Å²) in [5.74, 6) is -0.549. The topological polar surface area (TPSA) is 75.8 Å². The normalized spacial score (nSPS) is 10.7. The number of hydrogen-bond donors (Lipinski definition) is 1. The Kier molecular flexibility index (Phi) is 2.65. The van der Waals surface area contributed by atoms with Gasteiger partial charge in [0.15, 0.2) is 11.4 Å². The quantitative estimate of drug-likeness (QED) is 0.733. The van der Waals surface area contributed by atoms with Crippen LogP contribution < -0.4 is 5.73 Å². The fraction of sp³-hybridized carbons (Fsp3) is 0.0667. The zero-order chi connectivity index (χ0) is 14.3. The van der Waals surface area contributed by atoms with Crippen LogP contribution in [0.25, 0.3) is 22.2 Å². The van der Waals surface area contributed by atoms with Gasteiger partial charge in [-0.2, -0.15) is 10.2 Å². The van der Waals surface area contributed by atoms with Crippen LogP contribution in [0.4, 0.5) is 10.4 Å². The first-order chi connectivity index (χ1) is 9.63. The van der Waals surface area contributed by atoms with Crippen LogP contribution >= 0.6 is 0 Å². The molecule has 0 aliphatic heterocycles. The van der Waals surface area contributed by atoms with Crippen LogP contribution in [-0.2, 0) is 0 Å². The maximum atomic E-state index is 14.6. The highest BCUT2D eigenvalue weighted by atomic mass is 19.1. The molecular weight excluding hydrogens is 257 g/mol. The molecule has 0 spiro atoms. The van der Waals surface area contributed by atoms with Crippen molar-refractivity contribution in [2.75, 3.05) is 5.73 Å². The standard InChI is InChI=1S/C15H10FN3O/c1-8-10(7-17)13-14(20-15(18)19-13)12(16)11(8)9-5-3-2-4-6-9/h2-6H,1H3,(H2,18,19). The number of aromatic nitrogens is 1. The first-order valence-electron chi connectivity index (χ1n) is 5.97. The van der Waals surface area contributed by atoms with E-state index in [0.717, 1.165) is 0 Å². The molecule has 0 fully saturated rings. The lowest BCUT2D eigenvalue weighted by atomic mass is 9.95. The maximum absolute atomic E-state index is 14.6. The highest BCUT2D eigenvalue weighted by Gasteiger charge is 2.22. The second kappa shape index (κ2) is 4.35. The molecule has 0 bridgehead atoms. The number of rotatable bonds is 1. The second-order valence-electron chi connectivity index (χ2n) is 4.40. The molecule has 2 aromatic carbocycles. The molecular formula is C15H10FN3O. The number of anilines is 1. The summed E-state index contributed by atoms with van der Waals surface area (Å²) in [6.45, 7) is 1.69. The number of nitrogens with zero attached hydrogens (tertiary/aromatic N) is 2. The molecule has 0 aliphatic rings. The van der Waals surface area contributed by atoms with Crippen LogP contribution in [0, 0.1) is 24.1 Å². The molecule has 2 N–H and O–H groups in total. The van der Waals surface area contributed by atoms with Gasteiger partial charge in [0.05, 0.1) is 5.56 Å². The molecule has 0 amide bonds. The molecule has 20 heavy (non-hydrogen) atoms. The molecule has 98 valence electrons. The lowest BCUT2D eigenvalue weighted by Crippen LogP contribution is -1.95. The Morgan fingerprint density at radius 3 is 2.65 bits per heavy atom. The minimum atomic E-state index is -0.549. The summed E-state index contributed by atoms with van der Waals surface area (Å²) in [7, 11) is 0. The van der Waals surface area contributed by atoms with Crippen molar-refractivity contribution in [1.82, 2.24) is 4.98 Å². The smallest absolute Gasteiger partial charge is 0.293 e. The van der Waals surface area contributed by atoms with Crippen molar-refractivity contribution in [3.05, 3.63) is 47.3 Å². The van der Waals surface area contributed by atoms with Crippen LogP contribution in [0.5, 0.6) is 0 Å². The molecule has 4 nitrogen and oxygen atoms in total. The average Bonchev–Trinajstić information content (AvgIpc) is 2.82. The molecule has 3 rings (SSSR count). The van der Waals surface area contributed by atoms with Crippen molar-refractivity contribution >= 4 is 17.1 Å². The van der Waals surface area contributed by atoms with Crippen molar-refractivity contribution in [2.45, 2.75) is 6.92 Å². The van der Waals surface area contributed by atoms with E-state index in [2.05, 4.69) is 4.98 Å². The molecule has 0 atom stereocenters. The molecule has 0 unspecified atom stereocenters. The van der Waals surface area contributed by atoms with E-state index in [4.69, 9.17) is 10.2 Å². The molecule has 5 heteroatoms. The second-order valence-corrected chi connectivity index (χ2v) is 4.40. The van der Waals surface area contributed by atoms with Crippen molar-refractivity contribution in [2.24, 2.45) is 0 Å². The summed E-state index contributed by atoms with van der Waals surface area (Å²) in [6, 6.07) is 10.9. The average molecular weight is 267 g/mol. The van der Waals surface area contributed by atoms with Gasteiger partial charge in [-0.15, -0.1) is 0 Å². The van der Waals surface area contributed by atoms with Gasteiger partial charge in [0.2, 0.25) is 0 Å². The summed E-state index contributed by atoms with van der Waals surface area (Å²) in [5.41, 5.74) is 7.37. The number of benzene rings is 2. The lowest BCUT2D eigenvalue weighted by molar-refractivity contribution is 0.569. The van der Waals surface area contributed by atoms with E-state index < -0.39 is 5.82 Å². The molecule has 0 saturated carbocycles. The molecule has 3 aromatic rings. The number of nitriles is 1. The predicted molar refractivity (Wildman–Crippen MR) is 73.3 cm³/mol. The maximum Gasteiger partial charge on any atom is 0.293 e. The Hall–Kier alpha value is -2.87. The van der Waals surface area contributed by atoms with Gasteiger partial charge in [-0.25, -0.2) is 4.39 Å². The number of halogens is 1. The predicted octanol–water partition coefficient (Wildman–Crippen LogP) is 3.40. The summed E-state index contributed by atoms with van der Waals surface area (Å²) < 4.78 is 19.7. The van der Waals surface area contributed by atoms with Gasteiger partial charge in [-0.1, -0.05) is 30.3 Å². The summed E-state index contributed by atoms with van der Waals surface area (Å²) in [4.78, 5) is 3.89. The van der Waals surface area contributed by atoms with Crippen LogP contribution in [-0.4, -0.2) is 4.98 Å². The van der Waals surface area contributed by atoms with Crippen LogP contribution in [0.1, 0.15) is 11.1 Å². The zero-order valence-corrected chi connectivity index (χ0v) is 10.6. The van der Waals surface area contributed by atoms with Gasteiger partial charge in [0.1, 0.15) is 11.6 Å². The Bertz CT molecular complexity index is 847. The van der Waals surface area contributed by atoms with Crippen LogP contribution in [0.3, 0.4) is 0 Å². The highest BCUT2D eigenvalue weighted by molar-refractivity contribution is 5.90. The molecule has 0 saturated heterocycles. The number of nitrogen functional groups attached to an aromatic ring is 1. The number of hydrogen-bond acceptors (Lipinski definition) is 4. The first-order valence-corrected chi connectivity index (χ1v) is 5.97. The lowest BCUT2D eigenvalue weighted by Gasteiger charge is -2.09. The minimum Gasteiger partial charge on any atom is -0.420 e. The van der Waals surface area contributed by atoms with Gasteiger partial charge in [0.25, 0.3) is 6.01 Å². The van der Waals surface area contributed by atoms with Crippen LogP contribution in [0.2, 0.25) is 0 Å². The number of oxazole rings is 1. The zero-order valence-electron chi connectivity index (χ0n) is 10.6. The Balaban J connectivity index is 2.47. The van der Waals surface area contributed by atoms with E-state index in [1.807, 2.05) is 12.1 Å². The molecule has 0 aliphatic carbocycles. The first kappa shape index (κ1) is 12.2. The largest absolute Gasteiger partial charge is 0.420 e. The van der Waals surface area contributed by atoms with Gasteiger partial charge in [-0.05, 0) is 18.1 Å². The minimum absolute atomic E-state index is 0.0801. The Morgan fingerprint density at radius 2 is 2.00 bits per heavy atom. The van der Waals surface area contributed by atoms with E-state index in [1.165, 1.54) is 0 Å².